The monoisotopic (exact) mass is 307 g/mol. The van der Waals surface area contributed by atoms with E-state index in [9.17, 15) is 9.90 Å². The van der Waals surface area contributed by atoms with Gasteiger partial charge in [-0.15, -0.1) is 12.4 Å². The first kappa shape index (κ1) is 15.4. The number of halogens is 1. The number of nitrogens with one attached hydrogen (secondary N) is 1. The third kappa shape index (κ3) is 2.90. The summed E-state index contributed by atoms with van der Waals surface area (Å²) in [6.07, 6.45) is -0.375. The Kier molecular flexibility index (Phi) is 4.01. The summed E-state index contributed by atoms with van der Waals surface area (Å²) in [4.78, 5) is 11.5. The maximum Gasteiger partial charge on any atom is 0.407 e. The molecule has 0 spiro atoms. The molecule has 21 heavy (non-hydrogen) atoms. The standard InChI is InChI=1S/C16H17NO3.ClH/c1-16(2)9-20-15(19)17-14(16)12-4-3-11-8-13(18)6-5-10(11)7-12;/h3-8,14,18H,9H2,1-2H3,(H,17,19);1H/t14-;/m1./s1. The summed E-state index contributed by atoms with van der Waals surface area (Å²) in [5.74, 6) is 0.255. The first-order chi connectivity index (χ1) is 9.45. The first-order valence-electron chi connectivity index (χ1n) is 6.62. The van der Waals surface area contributed by atoms with Crippen molar-refractivity contribution in [3.63, 3.8) is 0 Å². The number of hydrogen-bond acceptors (Lipinski definition) is 3. The molecule has 1 saturated heterocycles. The van der Waals surface area contributed by atoms with Crippen molar-refractivity contribution in [3.8, 4) is 5.75 Å². The van der Waals surface area contributed by atoms with Crippen LogP contribution in [0, 0.1) is 5.41 Å². The van der Waals surface area contributed by atoms with E-state index in [2.05, 4.69) is 19.2 Å². The highest BCUT2D eigenvalue weighted by Gasteiger charge is 2.37. The van der Waals surface area contributed by atoms with Crippen molar-refractivity contribution in [2.75, 3.05) is 6.61 Å². The number of aromatic hydroxyl groups is 1. The third-order valence-corrected chi connectivity index (χ3v) is 3.80. The smallest absolute Gasteiger partial charge is 0.407 e. The van der Waals surface area contributed by atoms with Gasteiger partial charge in [0.1, 0.15) is 12.4 Å². The van der Waals surface area contributed by atoms with E-state index in [-0.39, 0.29) is 35.7 Å². The van der Waals surface area contributed by atoms with Crippen LogP contribution < -0.4 is 5.32 Å². The minimum Gasteiger partial charge on any atom is -0.508 e. The molecule has 0 aromatic heterocycles. The largest absolute Gasteiger partial charge is 0.508 e. The Morgan fingerprint density at radius 2 is 1.86 bits per heavy atom. The van der Waals surface area contributed by atoms with E-state index in [0.29, 0.717) is 6.61 Å². The van der Waals surface area contributed by atoms with Gasteiger partial charge in [0.25, 0.3) is 0 Å². The normalized spacial score (nSPS) is 20.3. The lowest BCUT2D eigenvalue weighted by Gasteiger charge is -2.38. The van der Waals surface area contributed by atoms with Gasteiger partial charge in [-0.2, -0.15) is 0 Å². The average molecular weight is 308 g/mol. The van der Waals surface area contributed by atoms with Crippen LogP contribution in [-0.4, -0.2) is 17.8 Å². The number of amides is 1. The maximum atomic E-state index is 11.5. The van der Waals surface area contributed by atoms with Crippen molar-refractivity contribution in [3.05, 3.63) is 42.0 Å². The van der Waals surface area contributed by atoms with Gasteiger partial charge in [-0.25, -0.2) is 4.79 Å². The zero-order valence-corrected chi connectivity index (χ0v) is 12.7. The molecule has 1 aliphatic heterocycles. The molecule has 1 heterocycles. The van der Waals surface area contributed by atoms with Crippen molar-refractivity contribution in [1.82, 2.24) is 5.32 Å². The van der Waals surface area contributed by atoms with E-state index >= 15 is 0 Å². The SMILES string of the molecule is CC1(C)COC(=O)N[C@@H]1c1ccc2cc(O)ccc2c1.Cl. The number of fused-ring (bicyclic) bond motifs is 1. The molecule has 1 aliphatic rings. The minimum atomic E-state index is -0.375. The molecule has 4 nitrogen and oxygen atoms in total. The minimum absolute atomic E-state index is 0. The van der Waals surface area contributed by atoms with Gasteiger partial charge in [0.15, 0.2) is 0 Å². The molecule has 0 saturated carbocycles. The maximum absolute atomic E-state index is 11.5. The van der Waals surface area contributed by atoms with E-state index in [4.69, 9.17) is 4.74 Å². The van der Waals surface area contributed by atoms with Gasteiger partial charge in [-0.3, -0.25) is 0 Å². The molecule has 0 aliphatic carbocycles. The van der Waals surface area contributed by atoms with Crippen LogP contribution in [0.3, 0.4) is 0 Å². The second-order valence-electron chi connectivity index (χ2n) is 5.93. The van der Waals surface area contributed by atoms with Gasteiger partial charge >= 0.3 is 6.09 Å². The topological polar surface area (TPSA) is 58.6 Å². The quantitative estimate of drug-likeness (QED) is 0.843. The fourth-order valence-corrected chi connectivity index (χ4v) is 2.66. The number of cyclic esters (lactones) is 1. The number of ether oxygens (including phenoxy) is 1. The zero-order chi connectivity index (χ0) is 14.3. The first-order valence-corrected chi connectivity index (χ1v) is 6.62. The predicted octanol–water partition coefficient (Wildman–Crippen LogP) is 3.77. The predicted molar refractivity (Wildman–Crippen MR) is 83.9 cm³/mol. The van der Waals surface area contributed by atoms with Gasteiger partial charge in [-0.05, 0) is 34.5 Å². The molecule has 2 aromatic rings. The summed E-state index contributed by atoms with van der Waals surface area (Å²) in [6, 6.07) is 11.2. The van der Waals surface area contributed by atoms with Crippen LogP contribution in [0.2, 0.25) is 0 Å². The molecule has 1 fully saturated rings. The molecule has 1 amide bonds. The Balaban J connectivity index is 0.00000161. The van der Waals surface area contributed by atoms with Crippen LogP contribution in [0.25, 0.3) is 10.8 Å². The van der Waals surface area contributed by atoms with E-state index < -0.39 is 0 Å². The van der Waals surface area contributed by atoms with Crippen molar-refractivity contribution in [2.45, 2.75) is 19.9 Å². The number of rotatable bonds is 1. The fourth-order valence-electron chi connectivity index (χ4n) is 2.66. The van der Waals surface area contributed by atoms with Crippen LogP contribution in [0.1, 0.15) is 25.5 Å². The molecule has 3 rings (SSSR count). The zero-order valence-electron chi connectivity index (χ0n) is 11.9. The number of carbonyl (C=O) groups excluding carboxylic acids is 1. The van der Waals surface area contributed by atoms with Gasteiger partial charge in [0.05, 0.1) is 6.04 Å². The number of phenols is 1. The van der Waals surface area contributed by atoms with E-state index in [1.54, 1.807) is 12.1 Å². The number of carbonyl (C=O) groups is 1. The number of benzene rings is 2. The van der Waals surface area contributed by atoms with E-state index in [0.717, 1.165) is 16.3 Å². The van der Waals surface area contributed by atoms with Crippen LogP contribution in [-0.2, 0) is 4.74 Å². The molecule has 1 atom stereocenters. The second-order valence-corrected chi connectivity index (χ2v) is 5.93. The highest BCUT2D eigenvalue weighted by atomic mass is 35.5. The lowest BCUT2D eigenvalue weighted by Crippen LogP contribution is -2.46. The molecule has 0 bridgehead atoms. The van der Waals surface area contributed by atoms with Gasteiger partial charge < -0.3 is 15.2 Å². The highest BCUT2D eigenvalue weighted by Crippen LogP contribution is 2.37. The Morgan fingerprint density at radius 1 is 1.19 bits per heavy atom. The molecule has 2 N–H and O–H groups in total. The summed E-state index contributed by atoms with van der Waals surface area (Å²) >= 11 is 0. The summed E-state index contributed by atoms with van der Waals surface area (Å²) < 4.78 is 5.06. The molecule has 0 unspecified atom stereocenters. The van der Waals surface area contributed by atoms with Gasteiger partial charge in [0, 0.05) is 5.41 Å². The molecular formula is C16H18ClNO3. The van der Waals surface area contributed by atoms with Crippen LogP contribution in [0.15, 0.2) is 36.4 Å². The van der Waals surface area contributed by atoms with Crippen molar-refractivity contribution >= 4 is 29.3 Å². The number of alkyl carbamates (subject to hydrolysis) is 1. The molecular weight excluding hydrogens is 290 g/mol. The Bertz CT molecular complexity index is 684. The fraction of sp³-hybridized carbons (Fsp3) is 0.312. The van der Waals surface area contributed by atoms with Gasteiger partial charge in [-0.1, -0.05) is 32.0 Å². The van der Waals surface area contributed by atoms with Crippen LogP contribution >= 0.6 is 12.4 Å². The summed E-state index contributed by atoms with van der Waals surface area (Å²) in [6.45, 7) is 4.54. The Labute approximate surface area is 129 Å². The van der Waals surface area contributed by atoms with E-state index in [1.165, 1.54) is 0 Å². The molecule has 112 valence electrons. The van der Waals surface area contributed by atoms with Gasteiger partial charge in [0.2, 0.25) is 0 Å². The van der Waals surface area contributed by atoms with E-state index in [1.807, 2.05) is 24.3 Å². The molecule has 2 aromatic carbocycles. The number of phenolic OH excluding ortho intramolecular Hbond substituents is 1. The molecule has 0 radical (unpaired) electrons. The third-order valence-electron chi connectivity index (χ3n) is 3.80. The lowest BCUT2D eigenvalue weighted by atomic mass is 9.80. The van der Waals surface area contributed by atoms with Crippen molar-refractivity contribution in [2.24, 2.45) is 5.41 Å². The van der Waals surface area contributed by atoms with Crippen molar-refractivity contribution < 1.29 is 14.6 Å². The van der Waals surface area contributed by atoms with Crippen LogP contribution in [0.5, 0.6) is 5.75 Å². The average Bonchev–Trinajstić information content (AvgIpc) is 2.41. The summed E-state index contributed by atoms with van der Waals surface area (Å²) in [5.41, 5.74) is 0.878. The Morgan fingerprint density at radius 3 is 2.62 bits per heavy atom. The Hall–Kier alpha value is -1.94. The van der Waals surface area contributed by atoms with Crippen LogP contribution in [0.4, 0.5) is 4.79 Å². The summed E-state index contributed by atoms with van der Waals surface area (Å²) in [5, 5.41) is 14.4. The lowest BCUT2D eigenvalue weighted by molar-refractivity contribution is 0.0388. The number of hydrogen-bond donors (Lipinski definition) is 2. The molecule has 5 heteroatoms. The van der Waals surface area contributed by atoms with Crippen molar-refractivity contribution in [1.29, 1.82) is 0 Å². The second kappa shape index (κ2) is 5.45. The summed E-state index contributed by atoms with van der Waals surface area (Å²) in [7, 11) is 0. The highest BCUT2D eigenvalue weighted by molar-refractivity contribution is 5.85.